The van der Waals surface area contributed by atoms with Crippen molar-refractivity contribution in [2.24, 2.45) is 0 Å². The largest absolute Gasteiger partial charge is 0.497 e. The third-order valence-electron chi connectivity index (χ3n) is 8.00. The van der Waals surface area contributed by atoms with Gasteiger partial charge in [-0.25, -0.2) is 8.42 Å². The van der Waals surface area contributed by atoms with Gasteiger partial charge in [-0.2, -0.15) is 0 Å². The minimum absolute atomic E-state index is 0.0488. The number of anilines is 1. The highest BCUT2D eigenvalue weighted by Crippen LogP contribution is 2.31. The van der Waals surface area contributed by atoms with Crippen LogP contribution in [-0.2, 0) is 26.2 Å². The number of amides is 2. The lowest BCUT2D eigenvalue weighted by atomic mass is 9.95. The Labute approximate surface area is 260 Å². The van der Waals surface area contributed by atoms with Crippen LogP contribution in [0, 0.1) is 13.8 Å². The number of benzene rings is 3. The number of carbonyl (C=O) groups is 2. The van der Waals surface area contributed by atoms with Crippen LogP contribution in [0.3, 0.4) is 0 Å². The van der Waals surface area contributed by atoms with Gasteiger partial charge in [-0.3, -0.25) is 13.9 Å². The van der Waals surface area contributed by atoms with Crippen LogP contribution in [0.2, 0.25) is 5.02 Å². The molecule has 8 nitrogen and oxygen atoms in total. The van der Waals surface area contributed by atoms with E-state index in [0.29, 0.717) is 22.0 Å². The second kappa shape index (κ2) is 14.3. The molecule has 1 aliphatic carbocycles. The van der Waals surface area contributed by atoms with E-state index < -0.39 is 28.5 Å². The predicted octanol–water partition coefficient (Wildman–Crippen LogP) is 6.03. The SMILES string of the molecule is COc1cccc(CN(C(=O)CN(c2cccc(Cl)c2C)S(=O)(=O)c2ccc(C)cc2)[C@@H](C)C(=O)NC2CCCCC2)c1. The minimum atomic E-state index is -4.18. The van der Waals surface area contributed by atoms with E-state index in [9.17, 15) is 18.0 Å². The predicted molar refractivity (Wildman–Crippen MR) is 170 cm³/mol. The number of nitrogens with one attached hydrogen (secondary N) is 1. The molecule has 3 aromatic carbocycles. The first-order valence-corrected chi connectivity index (χ1v) is 16.4. The van der Waals surface area contributed by atoms with Crippen molar-refractivity contribution < 1.29 is 22.7 Å². The zero-order valence-electron chi connectivity index (χ0n) is 25.2. The molecular formula is C33H40ClN3O5S. The van der Waals surface area contributed by atoms with Gasteiger partial charge in [0, 0.05) is 17.6 Å². The van der Waals surface area contributed by atoms with Crippen molar-refractivity contribution in [1.82, 2.24) is 10.2 Å². The lowest BCUT2D eigenvalue weighted by molar-refractivity contribution is -0.139. The van der Waals surface area contributed by atoms with Crippen molar-refractivity contribution in [1.29, 1.82) is 0 Å². The molecule has 0 saturated heterocycles. The molecule has 1 saturated carbocycles. The summed E-state index contributed by atoms with van der Waals surface area (Å²) in [4.78, 5) is 29.2. The highest BCUT2D eigenvalue weighted by atomic mass is 35.5. The van der Waals surface area contributed by atoms with Crippen LogP contribution >= 0.6 is 11.6 Å². The summed E-state index contributed by atoms with van der Waals surface area (Å²) in [6.45, 7) is 4.83. The first kappa shape index (κ1) is 32.4. The van der Waals surface area contributed by atoms with Gasteiger partial charge in [0.05, 0.1) is 17.7 Å². The molecule has 3 aromatic rings. The zero-order chi connectivity index (χ0) is 31.1. The second-order valence-electron chi connectivity index (χ2n) is 11.1. The number of aryl methyl sites for hydroxylation is 1. The summed E-state index contributed by atoms with van der Waals surface area (Å²) in [5.41, 5.74) is 2.47. The van der Waals surface area contributed by atoms with E-state index in [-0.39, 0.29) is 23.4 Å². The third kappa shape index (κ3) is 7.89. The van der Waals surface area contributed by atoms with Crippen molar-refractivity contribution in [3.8, 4) is 5.75 Å². The number of hydrogen-bond donors (Lipinski definition) is 1. The smallest absolute Gasteiger partial charge is 0.264 e. The maximum Gasteiger partial charge on any atom is 0.264 e. The molecule has 0 unspecified atom stereocenters. The standard InChI is InChI=1S/C33H40ClN3O5S/c1-23-16-18-29(19-17-23)43(40,41)37(31-15-9-14-30(34)24(31)2)22-32(38)36(21-26-10-8-13-28(20-26)42-4)25(3)33(39)35-27-11-6-5-7-12-27/h8-10,13-20,25,27H,5-7,11-12,21-22H2,1-4H3,(H,35,39)/t25-/m0/s1. The van der Waals surface area contributed by atoms with E-state index in [2.05, 4.69) is 5.32 Å². The van der Waals surface area contributed by atoms with Crippen molar-refractivity contribution in [3.63, 3.8) is 0 Å². The molecule has 0 bridgehead atoms. The van der Waals surface area contributed by atoms with Gasteiger partial charge in [-0.1, -0.05) is 66.8 Å². The van der Waals surface area contributed by atoms with Crippen molar-refractivity contribution in [2.45, 2.75) is 76.4 Å². The quantitative estimate of drug-likeness (QED) is 0.281. The molecule has 0 aromatic heterocycles. The highest BCUT2D eigenvalue weighted by molar-refractivity contribution is 7.92. The second-order valence-corrected chi connectivity index (χ2v) is 13.4. The Morgan fingerprint density at radius 3 is 2.35 bits per heavy atom. The summed E-state index contributed by atoms with van der Waals surface area (Å²) in [6.07, 6.45) is 5.06. The lowest BCUT2D eigenvalue weighted by Crippen LogP contribution is -2.53. The normalized spacial score (nSPS) is 14.5. The fourth-order valence-electron chi connectivity index (χ4n) is 5.34. The number of hydrogen-bond acceptors (Lipinski definition) is 5. The van der Waals surface area contributed by atoms with E-state index in [4.69, 9.17) is 16.3 Å². The Balaban J connectivity index is 1.72. The third-order valence-corrected chi connectivity index (χ3v) is 10.2. The van der Waals surface area contributed by atoms with Crippen molar-refractivity contribution in [2.75, 3.05) is 18.0 Å². The molecule has 1 N–H and O–H groups in total. The van der Waals surface area contributed by atoms with Crippen LogP contribution in [-0.4, -0.2) is 50.9 Å². The molecule has 10 heteroatoms. The minimum Gasteiger partial charge on any atom is -0.497 e. The van der Waals surface area contributed by atoms with E-state index in [0.717, 1.165) is 47.5 Å². The maximum atomic E-state index is 14.2. The van der Waals surface area contributed by atoms with Crippen molar-refractivity contribution >= 4 is 39.1 Å². The molecule has 1 atom stereocenters. The zero-order valence-corrected chi connectivity index (χ0v) is 26.7. The van der Waals surface area contributed by atoms with E-state index in [1.165, 1.54) is 17.0 Å². The van der Waals surface area contributed by atoms with Gasteiger partial charge >= 0.3 is 0 Å². The molecule has 230 valence electrons. The fourth-order valence-corrected chi connectivity index (χ4v) is 6.98. The number of halogens is 1. The van der Waals surface area contributed by atoms with Crippen LogP contribution in [0.4, 0.5) is 5.69 Å². The van der Waals surface area contributed by atoms with E-state index in [1.54, 1.807) is 63.4 Å². The average molecular weight is 626 g/mol. The Kier molecular flexibility index (Phi) is 10.7. The molecule has 0 aliphatic heterocycles. The Morgan fingerprint density at radius 2 is 1.67 bits per heavy atom. The monoisotopic (exact) mass is 625 g/mol. The number of methoxy groups -OCH3 is 1. The molecule has 43 heavy (non-hydrogen) atoms. The summed E-state index contributed by atoms with van der Waals surface area (Å²) in [5.74, 6) is -0.179. The number of rotatable bonds is 11. The number of ether oxygens (including phenoxy) is 1. The van der Waals surface area contributed by atoms with Crippen LogP contribution < -0.4 is 14.4 Å². The summed E-state index contributed by atoms with van der Waals surface area (Å²) in [5, 5.41) is 3.50. The maximum absolute atomic E-state index is 14.2. The fraction of sp³-hybridized carbons (Fsp3) is 0.394. The molecular weight excluding hydrogens is 586 g/mol. The van der Waals surface area contributed by atoms with E-state index >= 15 is 0 Å². The average Bonchev–Trinajstić information content (AvgIpc) is 3.00. The first-order chi connectivity index (χ1) is 20.5. The van der Waals surface area contributed by atoms with Gasteiger partial charge < -0.3 is 15.0 Å². The summed E-state index contributed by atoms with van der Waals surface area (Å²) in [7, 11) is -2.63. The molecule has 0 heterocycles. The number of nitrogens with zero attached hydrogens (tertiary/aromatic N) is 2. The lowest BCUT2D eigenvalue weighted by Gasteiger charge is -2.33. The number of carbonyl (C=O) groups excluding carboxylic acids is 2. The van der Waals surface area contributed by atoms with Gasteiger partial charge in [0.15, 0.2) is 0 Å². The van der Waals surface area contributed by atoms with Crippen LogP contribution in [0.15, 0.2) is 71.6 Å². The highest BCUT2D eigenvalue weighted by Gasteiger charge is 2.34. The van der Waals surface area contributed by atoms with Gasteiger partial charge in [-0.05, 0) is 81.1 Å². The van der Waals surface area contributed by atoms with Crippen LogP contribution in [0.5, 0.6) is 5.75 Å². The van der Waals surface area contributed by atoms with Crippen LogP contribution in [0.25, 0.3) is 0 Å². The Hall–Kier alpha value is -3.56. The molecule has 1 aliphatic rings. The Morgan fingerprint density at radius 1 is 1.00 bits per heavy atom. The number of sulfonamides is 1. The molecule has 2 amide bonds. The molecule has 4 rings (SSSR count). The van der Waals surface area contributed by atoms with Crippen molar-refractivity contribution in [3.05, 3.63) is 88.4 Å². The van der Waals surface area contributed by atoms with Crippen LogP contribution in [0.1, 0.15) is 55.7 Å². The molecule has 0 radical (unpaired) electrons. The molecule has 0 spiro atoms. The summed E-state index contributed by atoms with van der Waals surface area (Å²) >= 11 is 6.41. The van der Waals surface area contributed by atoms with Gasteiger partial charge in [0.25, 0.3) is 10.0 Å². The topological polar surface area (TPSA) is 96.0 Å². The van der Waals surface area contributed by atoms with Gasteiger partial charge in [0.1, 0.15) is 18.3 Å². The Bertz CT molecular complexity index is 1540. The molecule has 1 fully saturated rings. The summed E-state index contributed by atoms with van der Waals surface area (Å²) in [6, 6.07) is 17.9. The summed E-state index contributed by atoms with van der Waals surface area (Å²) < 4.78 is 34.6. The first-order valence-electron chi connectivity index (χ1n) is 14.6. The van der Waals surface area contributed by atoms with E-state index in [1.807, 2.05) is 19.1 Å². The van der Waals surface area contributed by atoms with Gasteiger partial charge in [-0.15, -0.1) is 0 Å². The van der Waals surface area contributed by atoms with Gasteiger partial charge in [0.2, 0.25) is 11.8 Å².